The molecule has 1 fully saturated rings. The maximum atomic E-state index is 13.2. The molecular weight excluding hydrogens is 323 g/mol. The topological polar surface area (TPSA) is 85.2 Å². The minimum absolute atomic E-state index is 0.188. The summed E-state index contributed by atoms with van der Waals surface area (Å²) in [6.07, 6.45) is 1.22. The van der Waals surface area contributed by atoms with Gasteiger partial charge in [-0.1, -0.05) is 13.8 Å². The molecule has 1 aromatic carbocycles. The summed E-state index contributed by atoms with van der Waals surface area (Å²) in [4.78, 5) is 26.0. The van der Waals surface area contributed by atoms with Crippen molar-refractivity contribution >= 4 is 17.5 Å². The summed E-state index contributed by atoms with van der Waals surface area (Å²) in [6.45, 7) is 7.51. The van der Waals surface area contributed by atoms with Crippen molar-refractivity contribution in [3.05, 3.63) is 29.6 Å². The van der Waals surface area contributed by atoms with Crippen LogP contribution in [0.15, 0.2) is 18.2 Å². The zero-order valence-corrected chi connectivity index (χ0v) is 14.5. The number of rotatable bonds is 4. The lowest BCUT2D eigenvalue weighted by Crippen LogP contribution is -2.44. The molecule has 0 aromatic heterocycles. The van der Waals surface area contributed by atoms with Crippen LogP contribution in [0.5, 0.6) is 0 Å². The molecule has 0 spiro atoms. The summed E-state index contributed by atoms with van der Waals surface area (Å²) >= 11 is 0. The molecule has 6 nitrogen and oxygen atoms in total. The normalized spacial score (nSPS) is 20.6. The molecule has 0 unspecified atom stereocenters. The smallest absolute Gasteiger partial charge is 0.313 e. The summed E-state index contributed by atoms with van der Waals surface area (Å²) in [5.74, 6) is -0.988. The number of likely N-dealkylation sites (tertiary alicyclic amines) is 1. The molecule has 0 radical (unpaired) electrons. The molecule has 25 heavy (non-hydrogen) atoms. The maximum absolute atomic E-state index is 13.2. The predicted molar refractivity (Wildman–Crippen MR) is 92.1 cm³/mol. The Morgan fingerprint density at radius 3 is 2.60 bits per heavy atom. The number of hydrogen-bond acceptors (Lipinski definition) is 4. The van der Waals surface area contributed by atoms with Crippen molar-refractivity contribution in [2.75, 3.05) is 31.5 Å². The summed E-state index contributed by atoms with van der Waals surface area (Å²) in [5.41, 5.74) is 0.0170. The van der Waals surface area contributed by atoms with Gasteiger partial charge >= 0.3 is 11.8 Å². The van der Waals surface area contributed by atoms with Gasteiger partial charge in [0.25, 0.3) is 0 Å². The van der Waals surface area contributed by atoms with Crippen molar-refractivity contribution in [1.29, 1.82) is 5.26 Å². The molecule has 2 N–H and O–H groups in total. The van der Waals surface area contributed by atoms with Crippen LogP contribution in [0, 0.1) is 29.0 Å². The molecule has 1 heterocycles. The molecule has 7 heteroatoms. The van der Waals surface area contributed by atoms with E-state index < -0.39 is 17.6 Å². The number of hydrogen-bond donors (Lipinski definition) is 2. The van der Waals surface area contributed by atoms with Gasteiger partial charge in [0.2, 0.25) is 0 Å². The summed E-state index contributed by atoms with van der Waals surface area (Å²) in [5, 5.41) is 13.7. The lowest BCUT2D eigenvalue weighted by Gasteiger charge is -2.34. The van der Waals surface area contributed by atoms with E-state index in [9.17, 15) is 14.0 Å². The maximum Gasteiger partial charge on any atom is 0.313 e. The number of nitriles is 1. The Hall–Kier alpha value is -2.46. The van der Waals surface area contributed by atoms with Crippen LogP contribution in [-0.2, 0) is 9.59 Å². The Morgan fingerprint density at radius 1 is 1.28 bits per heavy atom. The average molecular weight is 346 g/mol. The van der Waals surface area contributed by atoms with E-state index in [1.807, 2.05) is 0 Å². The highest BCUT2D eigenvalue weighted by atomic mass is 19.1. The third kappa shape index (κ3) is 5.54. The first kappa shape index (κ1) is 18.9. The van der Waals surface area contributed by atoms with Crippen LogP contribution in [0.1, 0.15) is 25.8 Å². The number of nitrogens with one attached hydrogen (secondary N) is 2. The SMILES string of the molecule is C[C@@H]1C[C@@H](C)CN(CCNC(=O)C(=O)Nc2ccc(F)c(C#N)c2)C1. The van der Waals surface area contributed by atoms with Crippen molar-refractivity contribution in [3.8, 4) is 6.07 Å². The largest absolute Gasteiger partial charge is 0.347 e. The van der Waals surface area contributed by atoms with Gasteiger partial charge in [0.15, 0.2) is 0 Å². The zero-order chi connectivity index (χ0) is 18.4. The van der Waals surface area contributed by atoms with Gasteiger partial charge in [0.1, 0.15) is 11.9 Å². The molecule has 0 bridgehead atoms. The highest BCUT2D eigenvalue weighted by Gasteiger charge is 2.22. The van der Waals surface area contributed by atoms with Gasteiger partial charge in [-0.2, -0.15) is 5.26 Å². The Balaban J connectivity index is 1.79. The molecule has 1 aliphatic rings. The van der Waals surface area contributed by atoms with E-state index in [2.05, 4.69) is 29.4 Å². The van der Waals surface area contributed by atoms with Gasteiger partial charge in [-0.25, -0.2) is 4.39 Å². The lowest BCUT2D eigenvalue weighted by molar-refractivity contribution is -0.136. The number of piperidine rings is 1. The van der Waals surface area contributed by atoms with Crippen LogP contribution < -0.4 is 10.6 Å². The molecule has 2 amide bonds. The Labute approximate surface area is 147 Å². The van der Waals surface area contributed by atoms with Crippen LogP contribution >= 0.6 is 0 Å². The molecule has 1 aliphatic heterocycles. The summed E-state index contributed by atoms with van der Waals surface area (Å²) in [6, 6.07) is 5.25. The minimum atomic E-state index is -0.837. The third-order valence-electron chi connectivity index (χ3n) is 4.21. The van der Waals surface area contributed by atoms with Crippen LogP contribution in [0.25, 0.3) is 0 Å². The number of nitrogens with zero attached hydrogens (tertiary/aromatic N) is 2. The van der Waals surface area contributed by atoms with Crippen molar-refractivity contribution in [2.24, 2.45) is 11.8 Å². The first-order valence-electron chi connectivity index (χ1n) is 8.40. The standard InChI is InChI=1S/C18H23FN4O2/c1-12-7-13(2)11-23(10-12)6-5-21-17(24)18(25)22-15-3-4-16(19)14(8-15)9-20/h3-4,8,12-13H,5-7,10-11H2,1-2H3,(H,21,24)(H,22,25)/t12-,13-/m1/s1. The van der Waals surface area contributed by atoms with Crippen molar-refractivity contribution in [1.82, 2.24) is 10.2 Å². The van der Waals surface area contributed by atoms with Gasteiger partial charge in [-0.15, -0.1) is 0 Å². The van der Waals surface area contributed by atoms with Gasteiger partial charge in [-0.3, -0.25) is 9.59 Å². The molecular formula is C18H23FN4O2. The van der Waals surface area contributed by atoms with Gasteiger partial charge in [0, 0.05) is 31.9 Å². The Bertz CT molecular complexity index is 676. The molecule has 2 rings (SSSR count). The van der Waals surface area contributed by atoms with Crippen LogP contribution in [-0.4, -0.2) is 42.9 Å². The number of anilines is 1. The fourth-order valence-electron chi connectivity index (χ4n) is 3.26. The second kappa shape index (κ2) is 8.58. The molecule has 1 saturated heterocycles. The van der Waals surface area contributed by atoms with Gasteiger partial charge in [0.05, 0.1) is 5.56 Å². The van der Waals surface area contributed by atoms with E-state index in [-0.39, 0.29) is 11.3 Å². The van der Waals surface area contributed by atoms with Crippen molar-refractivity contribution in [3.63, 3.8) is 0 Å². The highest BCUT2D eigenvalue weighted by Crippen LogP contribution is 2.20. The summed E-state index contributed by atoms with van der Waals surface area (Å²) < 4.78 is 13.2. The fraction of sp³-hybridized carbons (Fsp3) is 0.500. The second-order valence-electron chi connectivity index (χ2n) is 6.72. The molecule has 1 aromatic rings. The number of halogens is 1. The van der Waals surface area contributed by atoms with Crippen LogP contribution in [0.2, 0.25) is 0 Å². The van der Waals surface area contributed by atoms with E-state index in [1.54, 1.807) is 6.07 Å². The number of carbonyl (C=O) groups is 2. The molecule has 0 saturated carbocycles. The van der Waals surface area contributed by atoms with Crippen LogP contribution in [0.3, 0.4) is 0 Å². The highest BCUT2D eigenvalue weighted by molar-refractivity contribution is 6.39. The Kier molecular flexibility index (Phi) is 6.48. The number of benzene rings is 1. The first-order valence-corrected chi connectivity index (χ1v) is 8.40. The van der Waals surface area contributed by atoms with Gasteiger partial charge in [-0.05, 0) is 36.5 Å². The molecule has 0 aliphatic carbocycles. The van der Waals surface area contributed by atoms with Crippen LogP contribution in [0.4, 0.5) is 10.1 Å². The lowest BCUT2D eigenvalue weighted by atomic mass is 9.92. The van der Waals surface area contributed by atoms with Gasteiger partial charge < -0.3 is 15.5 Å². The second-order valence-corrected chi connectivity index (χ2v) is 6.72. The third-order valence-corrected chi connectivity index (χ3v) is 4.21. The monoisotopic (exact) mass is 346 g/mol. The quantitative estimate of drug-likeness (QED) is 0.813. The number of carbonyl (C=O) groups excluding carboxylic acids is 2. The molecule has 2 atom stereocenters. The molecule has 134 valence electrons. The Morgan fingerprint density at radius 2 is 1.96 bits per heavy atom. The van der Waals surface area contributed by atoms with Crippen molar-refractivity contribution in [2.45, 2.75) is 20.3 Å². The minimum Gasteiger partial charge on any atom is -0.347 e. The van der Waals surface area contributed by atoms with E-state index >= 15 is 0 Å². The number of amides is 2. The fourth-order valence-corrected chi connectivity index (χ4v) is 3.26. The van der Waals surface area contributed by atoms with E-state index in [4.69, 9.17) is 5.26 Å². The first-order chi connectivity index (χ1) is 11.9. The van der Waals surface area contributed by atoms with Crippen molar-refractivity contribution < 1.29 is 14.0 Å². The van der Waals surface area contributed by atoms with E-state index in [0.717, 1.165) is 19.2 Å². The average Bonchev–Trinajstić information content (AvgIpc) is 2.55. The zero-order valence-electron chi connectivity index (χ0n) is 14.5. The summed E-state index contributed by atoms with van der Waals surface area (Å²) in [7, 11) is 0. The van der Waals surface area contributed by atoms with E-state index in [1.165, 1.54) is 18.6 Å². The van der Waals surface area contributed by atoms with E-state index in [0.29, 0.717) is 24.9 Å². The predicted octanol–water partition coefficient (Wildman–Crippen LogP) is 1.73.